The molecule has 0 aliphatic heterocycles. The summed E-state index contributed by atoms with van der Waals surface area (Å²) >= 11 is 0. The molecule has 0 saturated heterocycles. The van der Waals surface area contributed by atoms with Crippen LogP contribution in [0.1, 0.15) is 51.4 Å². The highest BCUT2D eigenvalue weighted by atomic mass is 19.3. The number of halogens is 4. The summed E-state index contributed by atoms with van der Waals surface area (Å²) in [4.78, 5) is 7.42. The van der Waals surface area contributed by atoms with Gasteiger partial charge in [-0.25, -0.2) is 22.5 Å². The highest BCUT2D eigenvalue weighted by Crippen LogP contribution is 2.32. The average molecular weight is 401 g/mol. The molecule has 9 heteroatoms. The summed E-state index contributed by atoms with van der Waals surface area (Å²) in [5, 5.41) is 9.89. The maximum absolute atomic E-state index is 13.5. The van der Waals surface area contributed by atoms with E-state index in [0.29, 0.717) is 0 Å². The van der Waals surface area contributed by atoms with Crippen molar-refractivity contribution < 1.29 is 27.4 Å². The fourth-order valence-corrected chi connectivity index (χ4v) is 2.91. The standard InChI is InChI=1S/C19H23F4N3O2/c1-18(2,27)9-19(3,24)10-28-14-5-4-12(26-15(14)17(22)23)11-6-7-25-13(8-11)16(20)21/h4-8,16-17,27H,9-10,24H2,1-3H3. The average Bonchev–Trinajstić information content (AvgIpc) is 2.58. The molecule has 0 amide bonds. The number of hydrogen-bond acceptors (Lipinski definition) is 5. The van der Waals surface area contributed by atoms with Crippen LogP contribution in [0.25, 0.3) is 11.3 Å². The summed E-state index contributed by atoms with van der Waals surface area (Å²) < 4.78 is 58.0. The van der Waals surface area contributed by atoms with Crippen LogP contribution < -0.4 is 10.5 Å². The van der Waals surface area contributed by atoms with E-state index >= 15 is 0 Å². The minimum atomic E-state index is -2.94. The van der Waals surface area contributed by atoms with Gasteiger partial charge in [0.15, 0.2) is 0 Å². The monoisotopic (exact) mass is 401 g/mol. The Balaban J connectivity index is 2.27. The fourth-order valence-electron chi connectivity index (χ4n) is 2.91. The third kappa shape index (κ3) is 6.13. The summed E-state index contributed by atoms with van der Waals surface area (Å²) in [5.74, 6) is -0.158. The van der Waals surface area contributed by atoms with Crippen molar-refractivity contribution in [1.29, 1.82) is 0 Å². The number of alkyl halides is 4. The molecule has 1 atom stereocenters. The zero-order valence-corrected chi connectivity index (χ0v) is 15.8. The Bertz CT molecular complexity index is 808. The third-order valence-electron chi connectivity index (χ3n) is 3.79. The molecule has 3 N–H and O–H groups in total. The lowest BCUT2D eigenvalue weighted by Gasteiger charge is -2.31. The number of aliphatic hydroxyl groups is 1. The Morgan fingerprint density at radius 1 is 1.11 bits per heavy atom. The quantitative estimate of drug-likeness (QED) is 0.646. The van der Waals surface area contributed by atoms with Crippen LogP contribution in [0.15, 0.2) is 30.5 Å². The molecule has 0 radical (unpaired) electrons. The van der Waals surface area contributed by atoms with Crippen molar-refractivity contribution in [2.24, 2.45) is 5.73 Å². The zero-order chi connectivity index (χ0) is 21.1. The van der Waals surface area contributed by atoms with E-state index in [1.807, 2.05) is 0 Å². The molecule has 2 heterocycles. The van der Waals surface area contributed by atoms with Crippen molar-refractivity contribution in [3.8, 4) is 17.0 Å². The Hall–Kier alpha value is -2.26. The SMILES string of the molecule is CC(C)(O)CC(C)(N)COc1ccc(-c2ccnc(C(F)F)c2)nc1C(F)F. The van der Waals surface area contributed by atoms with E-state index in [-0.39, 0.29) is 30.0 Å². The van der Waals surface area contributed by atoms with Gasteiger partial charge in [-0.2, -0.15) is 0 Å². The van der Waals surface area contributed by atoms with Crippen LogP contribution in [-0.2, 0) is 0 Å². The minimum absolute atomic E-state index is 0.0963. The van der Waals surface area contributed by atoms with Gasteiger partial charge in [0.25, 0.3) is 12.9 Å². The van der Waals surface area contributed by atoms with Gasteiger partial charge in [-0.05, 0) is 51.5 Å². The lowest BCUT2D eigenvalue weighted by atomic mass is 9.89. The largest absolute Gasteiger partial charge is 0.490 e. The van der Waals surface area contributed by atoms with E-state index in [4.69, 9.17) is 10.5 Å². The molecule has 28 heavy (non-hydrogen) atoms. The summed E-state index contributed by atoms with van der Waals surface area (Å²) in [6.07, 6.45) is -4.37. The number of ether oxygens (including phenoxy) is 1. The Kier molecular flexibility index (Phi) is 6.61. The Morgan fingerprint density at radius 3 is 2.36 bits per heavy atom. The first-order chi connectivity index (χ1) is 12.9. The first-order valence-electron chi connectivity index (χ1n) is 8.56. The van der Waals surface area contributed by atoms with E-state index in [9.17, 15) is 22.7 Å². The van der Waals surface area contributed by atoms with Crippen molar-refractivity contribution in [3.05, 3.63) is 41.9 Å². The highest BCUT2D eigenvalue weighted by Gasteiger charge is 2.29. The van der Waals surface area contributed by atoms with E-state index in [1.165, 1.54) is 24.4 Å². The Morgan fingerprint density at radius 2 is 1.79 bits per heavy atom. The van der Waals surface area contributed by atoms with Gasteiger partial charge in [-0.1, -0.05) is 0 Å². The summed E-state index contributed by atoms with van der Waals surface area (Å²) in [6, 6.07) is 5.20. The van der Waals surface area contributed by atoms with Crippen LogP contribution in [0.2, 0.25) is 0 Å². The number of nitrogens with zero attached hydrogens (tertiary/aromatic N) is 2. The second-order valence-corrected chi connectivity index (χ2v) is 7.58. The van der Waals surface area contributed by atoms with Gasteiger partial charge in [0, 0.05) is 17.3 Å². The van der Waals surface area contributed by atoms with Crippen molar-refractivity contribution in [2.75, 3.05) is 6.61 Å². The van der Waals surface area contributed by atoms with Crippen LogP contribution in [0.4, 0.5) is 17.6 Å². The summed E-state index contributed by atoms with van der Waals surface area (Å²) in [5.41, 5.74) is 3.31. The van der Waals surface area contributed by atoms with Gasteiger partial charge in [-0.15, -0.1) is 0 Å². The predicted octanol–water partition coefficient (Wildman–Crippen LogP) is 4.28. The fraction of sp³-hybridized carbons (Fsp3) is 0.474. The van der Waals surface area contributed by atoms with Crippen molar-refractivity contribution in [3.63, 3.8) is 0 Å². The van der Waals surface area contributed by atoms with Gasteiger partial charge in [0.1, 0.15) is 23.7 Å². The second kappa shape index (κ2) is 8.40. The van der Waals surface area contributed by atoms with E-state index in [2.05, 4.69) is 9.97 Å². The smallest absolute Gasteiger partial charge is 0.284 e. The normalized spacial score (nSPS) is 14.4. The molecule has 0 fully saturated rings. The molecule has 0 spiro atoms. The number of nitrogens with two attached hydrogens (primary N) is 1. The van der Waals surface area contributed by atoms with E-state index in [1.54, 1.807) is 20.8 Å². The summed E-state index contributed by atoms with van der Waals surface area (Å²) in [6.45, 7) is 4.68. The molecule has 0 bridgehead atoms. The first kappa shape index (κ1) is 22.0. The minimum Gasteiger partial charge on any atom is -0.490 e. The zero-order valence-electron chi connectivity index (χ0n) is 15.8. The molecular formula is C19H23F4N3O2. The number of aromatic nitrogens is 2. The molecule has 0 aromatic carbocycles. The van der Waals surface area contributed by atoms with Crippen molar-refractivity contribution in [1.82, 2.24) is 9.97 Å². The van der Waals surface area contributed by atoms with Crippen LogP contribution in [0, 0.1) is 0 Å². The molecule has 0 aliphatic rings. The molecular weight excluding hydrogens is 378 g/mol. The van der Waals surface area contributed by atoms with Gasteiger partial charge in [0.2, 0.25) is 0 Å². The number of pyridine rings is 2. The van der Waals surface area contributed by atoms with Gasteiger partial charge < -0.3 is 15.6 Å². The van der Waals surface area contributed by atoms with Gasteiger partial charge in [-0.3, -0.25) is 4.98 Å². The van der Waals surface area contributed by atoms with E-state index < -0.39 is 35.4 Å². The summed E-state index contributed by atoms with van der Waals surface area (Å²) in [7, 11) is 0. The molecule has 2 rings (SSSR count). The number of hydrogen-bond donors (Lipinski definition) is 2. The van der Waals surface area contributed by atoms with Crippen molar-refractivity contribution >= 4 is 0 Å². The molecule has 0 aliphatic carbocycles. The highest BCUT2D eigenvalue weighted by molar-refractivity contribution is 5.60. The molecule has 0 saturated carbocycles. The van der Waals surface area contributed by atoms with E-state index in [0.717, 1.165) is 6.07 Å². The van der Waals surface area contributed by atoms with Crippen LogP contribution in [-0.4, -0.2) is 32.8 Å². The maximum atomic E-state index is 13.5. The predicted molar refractivity (Wildman–Crippen MR) is 96.4 cm³/mol. The third-order valence-corrected chi connectivity index (χ3v) is 3.79. The van der Waals surface area contributed by atoms with Crippen molar-refractivity contribution in [2.45, 2.75) is 51.2 Å². The molecule has 2 aromatic rings. The first-order valence-corrected chi connectivity index (χ1v) is 8.56. The Labute approximate surface area is 160 Å². The topological polar surface area (TPSA) is 81.3 Å². The molecule has 2 aromatic heterocycles. The molecule has 5 nitrogen and oxygen atoms in total. The lowest BCUT2D eigenvalue weighted by molar-refractivity contribution is 0.0368. The molecule has 154 valence electrons. The lowest BCUT2D eigenvalue weighted by Crippen LogP contribution is -2.47. The second-order valence-electron chi connectivity index (χ2n) is 7.58. The maximum Gasteiger partial charge on any atom is 0.284 e. The van der Waals surface area contributed by atoms with Gasteiger partial charge >= 0.3 is 0 Å². The van der Waals surface area contributed by atoms with Crippen LogP contribution in [0.5, 0.6) is 5.75 Å². The molecule has 1 unspecified atom stereocenters. The van der Waals surface area contributed by atoms with Gasteiger partial charge in [0.05, 0.1) is 11.3 Å². The van der Waals surface area contributed by atoms with Crippen LogP contribution >= 0.6 is 0 Å². The number of rotatable bonds is 8. The van der Waals surface area contributed by atoms with Crippen LogP contribution in [0.3, 0.4) is 0 Å².